The predicted molar refractivity (Wildman–Crippen MR) is 60.9 cm³/mol. The second-order valence-electron chi connectivity index (χ2n) is 4.59. The minimum atomic E-state index is 0.281. The van der Waals surface area contributed by atoms with Gasteiger partial charge < -0.3 is 4.98 Å². The van der Waals surface area contributed by atoms with Gasteiger partial charge >= 0.3 is 0 Å². The molecule has 1 aliphatic rings. The van der Waals surface area contributed by atoms with Crippen LogP contribution in [0.5, 0.6) is 0 Å². The number of nitrogens with one attached hydrogen (secondary N) is 1. The highest BCUT2D eigenvalue weighted by Crippen LogP contribution is 2.32. The standard InChI is InChI=1S/C13H19NO/c1-2-10-3-5-11(6-4-10)13(15)12-7-8-14-9-12/h7-11,14H,2-6H2,1H3. The summed E-state index contributed by atoms with van der Waals surface area (Å²) >= 11 is 0. The van der Waals surface area contributed by atoms with Crippen molar-refractivity contribution in [3.8, 4) is 0 Å². The number of carbonyl (C=O) groups is 1. The first-order valence-corrected chi connectivity index (χ1v) is 5.98. The summed E-state index contributed by atoms with van der Waals surface area (Å²) in [6.45, 7) is 2.25. The molecule has 1 fully saturated rings. The lowest BCUT2D eigenvalue weighted by Gasteiger charge is -2.26. The van der Waals surface area contributed by atoms with Gasteiger partial charge in [0.05, 0.1) is 0 Å². The van der Waals surface area contributed by atoms with E-state index in [1.165, 1.54) is 19.3 Å². The Morgan fingerprint density at radius 2 is 2.13 bits per heavy atom. The van der Waals surface area contributed by atoms with Crippen molar-refractivity contribution in [3.63, 3.8) is 0 Å². The molecule has 1 saturated carbocycles. The molecule has 1 aromatic rings. The third-order valence-corrected chi connectivity index (χ3v) is 3.68. The van der Waals surface area contributed by atoms with E-state index in [9.17, 15) is 4.79 Å². The number of ketones is 1. The SMILES string of the molecule is CCC1CCC(C(=O)c2cc[nH]c2)CC1. The molecule has 0 spiro atoms. The molecule has 0 amide bonds. The third kappa shape index (κ3) is 2.31. The van der Waals surface area contributed by atoms with E-state index in [0.29, 0.717) is 5.78 Å². The van der Waals surface area contributed by atoms with Gasteiger partial charge in [-0.15, -0.1) is 0 Å². The Hall–Kier alpha value is -1.05. The first kappa shape index (κ1) is 10.5. The second kappa shape index (κ2) is 4.65. The quantitative estimate of drug-likeness (QED) is 0.753. The molecule has 82 valence electrons. The molecule has 0 radical (unpaired) electrons. The first-order chi connectivity index (χ1) is 7.31. The van der Waals surface area contributed by atoms with Gasteiger partial charge in [0, 0.05) is 23.9 Å². The van der Waals surface area contributed by atoms with Gasteiger partial charge in [0.25, 0.3) is 0 Å². The molecule has 0 saturated heterocycles. The van der Waals surface area contributed by atoms with Crippen LogP contribution in [0.4, 0.5) is 0 Å². The van der Waals surface area contributed by atoms with Crippen molar-refractivity contribution in [2.75, 3.05) is 0 Å². The van der Waals surface area contributed by atoms with E-state index in [2.05, 4.69) is 11.9 Å². The molecule has 0 aliphatic heterocycles. The molecule has 2 rings (SSSR count). The van der Waals surface area contributed by atoms with Crippen LogP contribution in [0, 0.1) is 11.8 Å². The molecule has 0 aromatic carbocycles. The Morgan fingerprint density at radius 1 is 1.40 bits per heavy atom. The Bertz CT molecular complexity index is 307. The molecule has 1 heterocycles. The highest BCUT2D eigenvalue weighted by molar-refractivity contribution is 5.97. The summed E-state index contributed by atoms with van der Waals surface area (Å²) < 4.78 is 0. The fraction of sp³-hybridized carbons (Fsp3) is 0.615. The van der Waals surface area contributed by atoms with E-state index in [4.69, 9.17) is 0 Å². The zero-order chi connectivity index (χ0) is 10.7. The molecular weight excluding hydrogens is 186 g/mol. The lowest BCUT2D eigenvalue weighted by atomic mass is 9.78. The van der Waals surface area contributed by atoms with Crippen molar-refractivity contribution < 1.29 is 4.79 Å². The number of Topliss-reactive ketones (excluding diaryl/α,β-unsaturated/α-hetero) is 1. The minimum Gasteiger partial charge on any atom is -0.367 e. The predicted octanol–water partition coefficient (Wildman–Crippen LogP) is 3.41. The van der Waals surface area contributed by atoms with Crippen molar-refractivity contribution >= 4 is 5.78 Å². The molecule has 1 aliphatic carbocycles. The maximum absolute atomic E-state index is 12.0. The largest absolute Gasteiger partial charge is 0.367 e. The Labute approximate surface area is 91.1 Å². The Kier molecular flexibility index (Phi) is 3.24. The first-order valence-electron chi connectivity index (χ1n) is 5.98. The maximum atomic E-state index is 12.0. The molecule has 0 bridgehead atoms. The lowest BCUT2D eigenvalue weighted by Crippen LogP contribution is -2.21. The smallest absolute Gasteiger partial charge is 0.167 e. The van der Waals surface area contributed by atoms with Gasteiger partial charge in [0.2, 0.25) is 0 Å². The Morgan fingerprint density at radius 3 is 2.67 bits per heavy atom. The zero-order valence-corrected chi connectivity index (χ0v) is 9.33. The van der Waals surface area contributed by atoms with Crippen LogP contribution in [0.25, 0.3) is 0 Å². The number of hydrogen-bond donors (Lipinski definition) is 1. The number of hydrogen-bond acceptors (Lipinski definition) is 1. The highest BCUT2D eigenvalue weighted by Gasteiger charge is 2.26. The molecule has 2 heteroatoms. The summed E-state index contributed by atoms with van der Waals surface area (Å²) in [5.41, 5.74) is 0.856. The van der Waals surface area contributed by atoms with Crippen molar-refractivity contribution in [3.05, 3.63) is 24.0 Å². The van der Waals surface area contributed by atoms with Gasteiger partial charge in [-0.25, -0.2) is 0 Å². The highest BCUT2D eigenvalue weighted by atomic mass is 16.1. The van der Waals surface area contributed by atoms with Crippen LogP contribution in [0.2, 0.25) is 0 Å². The number of carbonyl (C=O) groups excluding carboxylic acids is 1. The number of aromatic nitrogens is 1. The minimum absolute atomic E-state index is 0.281. The van der Waals surface area contributed by atoms with Crippen LogP contribution in [0.15, 0.2) is 18.5 Å². The second-order valence-corrected chi connectivity index (χ2v) is 4.59. The topological polar surface area (TPSA) is 32.9 Å². The van der Waals surface area contributed by atoms with Crippen molar-refractivity contribution in [1.82, 2.24) is 4.98 Å². The summed E-state index contributed by atoms with van der Waals surface area (Å²) in [6.07, 6.45) is 9.55. The zero-order valence-electron chi connectivity index (χ0n) is 9.33. The molecule has 2 nitrogen and oxygen atoms in total. The molecule has 1 N–H and O–H groups in total. The summed E-state index contributed by atoms with van der Waals surface area (Å²) in [5.74, 6) is 1.48. The van der Waals surface area contributed by atoms with Gasteiger partial charge in [-0.05, 0) is 37.7 Å². The van der Waals surface area contributed by atoms with Crippen LogP contribution >= 0.6 is 0 Å². The van der Waals surface area contributed by atoms with Crippen LogP contribution in [0.3, 0.4) is 0 Å². The average Bonchev–Trinajstić information content (AvgIpc) is 2.82. The molecule has 0 atom stereocenters. The van der Waals surface area contributed by atoms with Crippen LogP contribution in [-0.2, 0) is 0 Å². The van der Waals surface area contributed by atoms with E-state index >= 15 is 0 Å². The summed E-state index contributed by atoms with van der Waals surface area (Å²) in [4.78, 5) is 15.0. The summed E-state index contributed by atoms with van der Waals surface area (Å²) in [6, 6.07) is 1.88. The van der Waals surface area contributed by atoms with Crippen molar-refractivity contribution in [2.24, 2.45) is 11.8 Å². The van der Waals surface area contributed by atoms with Crippen LogP contribution < -0.4 is 0 Å². The van der Waals surface area contributed by atoms with E-state index in [0.717, 1.165) is 24.3 Å². The van der Waals surface area contributed by atoms with E-state index in [1.54, 1.807) is 0 Å². The Balaban J connectivity index is 1.93. The van der Waals surface area contributed by atoms with Crippen LogP contribution in [-0.4, -0.2) is 10.8 Å². The van der Waals surface area contributed by atoms with Crippen molar-refractivity contribution in [2.45, 2.75) is 39.0 Å². The monoisotopic (exact) mass is 205 g/mol. The van der Waals surface area contributed by atoms with E-state index < -0.39 is 0 Å². The van der Waals surface area contributed by atoms with Gasteiger partial charge in [-0.1, -0.05) is 13.3 Å². The van der Waals surface area contributed by atoms with E-state index in [1.807, 2.05) is 18.5 Å². The van der Waals surface area contributed by atoms with Crippen LogP contribution in [0.1, 0.15) is 49.4 Å². The van der Waals surface area contributed by atoms with Crippen molar-refractivity contribution in [1.29, 1.82) is 0 Å². The summed E-state index contributed by atoms with van der Waals surface area (Å²) in [7, 11) is 0. The molecule has 1 aromatic heterocycles. The maximum Gasteiger partial charge on any atom is 0.167 e. The fourth-order valence-electron chi connectivity index (χ4n) is 2.55. The average molecular weight is 205 g/mol. The van der Waals surface area contributed by atoms with Gasteiger partial charge in [0.1, 0.15) is 0 Å². The molecular formula is C13H19NO. The van der Waals surface area contributed by atoms with Gasteiger partial charge in [-0.3, -0.25) is 4.79 Å². The lowest BCUT2D eigenvalue weighted by molar-refractivity contribution is 0.0871. The third-order valence-electron chi connectivity index (χ3n) is 3.68. The molecule has 0 unspecified atom stereocenters. The van der Waals surface area contributed by atoms with E-state index in [-0.39, 0.29) is 5.92 Å². The van der Waals surface area contributed by atoms with Gasteiger partial charge in [-0.2, -0.15) is 0 Å². The van der Waals surface area contributed by atoms with Gasteiger partial charge in [0.15, 0.2) is 5.78 Å². The fourth-order valence-corrected chi connectivity index (χ4v) is 2.55. The number of rotatable bonds is 3. The molecule has 15 heavy (non-hydrogen) atoms. The summed E-state index contributed by atoms with van der Waals surface area (Å²) in [5, 5.41) is 0. The number of aromatic amines is 1. The normalized spacial score (nSPS) is 26.5. The number of H-pyrrole nitrogens is 1.